The third kappa shape index (κ3) is 5.02. The standard InChI is InChI=1S/C19H17ClN4O/c20-15-7-4-8-16(11-15)24-18-12-17(22-13-23-18)19(25)21-10-9-14-5-2-1-3-6-14/h1-8,11-13H,9-10H2,(H,21,25)(H,22,23,24). The van der Waals surface area contributed by atoms with Gasteiger partial charge in [-0.2, -0.15) is 0 Å². The van der Waals surface area contributed by atoms with E-state index < -0.39 is 0 Å². The molecule has 0 aliphatic rings. The summed E-state index contributed by atoms with van der Waals surface area (Å²) in [4.78, 5) is 20.4. The van der Waals surface area contributed by atoms with Gasteiger partial charge in [-0.3, -0.25) is 4.79 Å². The molecule has 0 radical (unpaired) electrons. The van der Waals surface area contributed by atoms with Crippen molar-refractivity contribution >= 4 is 29.0 Å². The Kier molecular flexibility index (Phi) is 5.59. The van der Waals surface area contributed by atoms with Gasteiger partial charge in [0.05, 0.1) is 0 Å². The summed E-state index contributed by atoms with van der Waals surface area (Å²) < 4.78 is 0. The molecule has 25 heavy (non-hydrogen) atoms. The van der Waals surface area contributed by atoms with Crippen LogP contribution in [0.2, 0.25) is 5.02 Å². The van der Waals surface area contributed by atoms with Crippen LogP contribution in [0.25, 0.3) is 0 Å². The van der Waals surface area contributed by atoms with Crippen LogP contribution in [0.5, 0.6) is 0 Å². The highest BCUT2D eigenvalue weighted by molar-refractivity contribution is 6.30. The molecule has 0 atom stereocenters. The molecule has 1 heterocycles. The van der Waals surface area contributed by atoms with Crippen LogP contribution in [0.15, 0.2) is 67.0 Å². The molecule has 1 amide bonds. The lowest BCUT2D eigenvalue weighted by Crippen LogP contribution is -2.26. The van der Waals surface area contributed by atoms with E-state index in [0.29, 0.717) is 23.1 Å². The van der Waals surface area contributed by atoms with Gasteiger partial charge in [0.1, 0.15) is 17.8 Å². The second-order valence-electron chi connectivity index (χ2n) is 5.42. The molecule has 0 saturated heterocycles. The lowest BCUT2D eigenvalue weighted by atomic mass is 10.1. The number of rotatable bonds is 6. The Morgan fingerprint density at radius 3 is 2.64 bits per heavy atom. The highest BCUT2D eigenvalue weighted by atomic mass is 35.5. The van der Waals surface area contributed by atoms with Gasteiger partial charge in [0.2, 0.25) is 0 Å². The summed E-state index contributed by atoms with van der Waals surface area (Å²) in [5.41, 5.74) is 2.28. The third-order valence-corrected chi connectivity index (χ3v) is 3.77. The van der Waals surface area contributed by atoms with Crippen LogP contribution in [0.4, 0.5) is 11.5 Å². The highest BCUT2D eigenvalue weighted by Crippen LogP contribution is 2.18. The van der Waals surface area contributed by atoms with Gasteiger partial charge in [0.15, 0.2) is 0 Å². The van der Waals surface area contributed by atoms with Crippen LogP contribution in [-0.2, 0) is 6.42 Å². The molecule has 6 heteroatoms. The molecule has 0 saturated carbocycles. The summed E-state index contributed by atoms with van der Waals surface area (Å²) in [6.45, 7) is 0.546. The van der Waals surface area contributed by atoms with Crippen molar-refractivity contribution in [1.29, 1.82) is 0 Å². The fraction of sp³-hybridized carbons (Fsp3) is 0.105. The molecule has 1 aromatic heterocycles. The van der Waals surface area contributed by atoms with Crippen molar-refractivity contribution in [1.82, 2.24) is 15.3 Å². The summed E-state index contributed by atoms with van der Waals surface area (Å²) in [7, 11) is 0. The monoisotopic (exact) mass is 352 g/mol. The Bertz CT molecular complexity index is 855. The summed E-state index contributed by atoms with van der Waals surface area (Å²) >= 11 is 5.96. The maximum absolute atomic E-state index is 12.2. The molecule has 3 rings (SSSR count). The van der Waals surface area contributed by atoms with E-state index in [0.717, 1.165) is 12.1 Å². The number of anilines is 2. The number of hydrogen-bond donors (Lipinski definition) is 2. The summed E-state index contributed by atoms with van der Waals surface area (Å²) in [5.74, 6) is 0.304. The molecular weight excluding hydrogens is 336 g/mol. The van der Waals surface area contributed by atoms with Gasteiger partial charge in [-0.15, -0.1) is 0 Å². The zero-order valence-electron chi connectivity index (χ0n) is 13.4. The first kappa shape index (κ1) is 16.9. The first-order valence-corrected chi connectivity index (χ1v) is 8.25. The van der Waals surface area contributed by atoms with Gasteiger partial charge >= 0.3 is 0 Å². The Balaban J connectivity index is 1.59. The van der Waals surface area contributed by atoms with E-state index in [2.05, 4.69) is 20.6 Å². The number of aromatic nitrogens is 2. The Morgan fingerprint density at radius 2 is 1.84 bits per heavy atom. The molecule has 5 nitrogen and oxygen atoms in total. The van der Waals surface area contributed by atoms with Crippen molar-refractivity contribution in [3.63, 3.8) is 0 Å². The second-order valence-corrected chi connectivity index (χ2v) is 5.85. The molecule has 0 unspecified atom stereocenters. The van der Waals surface area contributed by atoms with Crippen LogP contribution in [-0.4, -0.2) is 22.4 Å². The maximum Gasteiger partial charge on any atom is 0.270 e. The molecular formula is C19H17ClN4O. The summed E-state index contributed by atoms with van der Waals surface area (Å²) in [6.07, 6.45) is 2.13. The second kappa shape index (κ2) is 8.26. The van der Waals surface area contributed by atoms with Crippen LogP contribution >= 0.6 is 11.6 Å². The molecule has 0 spiro atoms. The van der Waals surface area contributed by atoms with Crippen molar-refractivity contribution < 1.29 is 4.79 Å². The van der Waals surface area contributed by atoms with Crippen LogP contribution in [0, 0.1) is 0 Å². The Labute approximate surface area is 151 Å². The number of nitrogens with zero attached hydrogens (tertiary/aromatic N) is 2. The largest absolute Gasteiger partial charge is 0.350 e. The Morgan fingerprint density at radius 1 is 1.00 bits per heavy atom. The first-order valence-electron chi connectivity index (χ1n) is 7.87. The van der Waals surface area contributed by atoms with Crippen molar-refractivity contribution in [3.05, 3.63) is 83.3 Å². The van der Waals surface area contributed by atoms with Crippen molar-refractivity contribution in [2.75, 3.05) is 11.9 Å². The average Bonchev–Trinajstić information content (AvgIpc) is 2.63. The molecule has 2 N–H and O–H groups in total. The number of carbonyl (C=O) groups excluding carboxylic acids is 1. The molecule has 0 aliphatic heterocycles. The van der Waals surface area contributed by atoms with Gasteiger partial charge in [0, 0.05) is 23.3 Å². The Hall–Kier alpha value is -2.92. The first-order chi connectivity index (χ1) is 12.2. The minimum atomic E-state index is -0.229. The van der Waals surface area contributed by atoms with Crippen molar-refractivity contribution in [3.8, 4) is 0 Å². The lowest BCUT2D eigenvalue weighted by molar-refractivity contribution is 0.0949. The smallest absolute Gasteiger partial charge is 0.270 e. The molecule has 0 aliphatic carbocycles. The van der Waals surface area contributed by atoms with E-state index in [1.807, 2.05) is 42.5 Å². The minimum absolute atomic E-state index is 0.229. The van der Waals surface area contributed by atoms with E-state index in [9.17, 15) is 4.79 Å². The number of halogens is 1. The molecule has 0 fully saturated rings. The molecule has 0 bridgehead atoms. The third-order valence-electron chi connectivity index (χ3n) is 3.54. The average molecular weight is 353 g/mol. The molecule has 3 aromatic rings. The molecule has 2 aromatic carbocycles. The van der Waals surface area contributed by atoms with Gasteiger partial charge < -0.3 is 10.6 Å². The topological polar surface area (TPSA) is 66.9 Å². The quantitative estimate of drug-likeness (QED) is 0.707. The SMILES string of the molecule is O=C(NCCc1ccccc1)c1cc(Nc2cccc(Cl)c2)ncn1. The summed E-state index contributed by atoms with van der Waals surface area (Å²) in [6, 6.07) is 18.9. The molecule has 126 valence electrons. The predicted molar refractivity (Wildman–Crippen MR) is 99.2 cm³/mol. The zero-order chi connectivity index (χ0) is 17.5. The van der Waals surface area contributed by atoms with Gasteiger partial charge in [-0.25, -0.2) is 9.97 Å². The van der Waals surface area contributed by atoms with E-state index in [1.54, 1.807) is 18.2 Å². The van der Waals surface area contributed by atoms with E-state index in [4.69, 9.17) is 11.6 Å². The van der Waals surface area contributed by atoms with E-state index in [-0.39, 0.29) is 5.91 Å². The van der Waals surface area contributed by atoms with E-state index in [1.165, 1.54) is 11.9 Å². The minimum Gasteiger partial charge on any atom is -0.350 e. The fourth-order valence-electron chi connectivity index (χ4n) is 2.32. The van der Waals surface area contributed by atoms with Crippen molar-refractivity contribution in [2.45, 2.75) is 6.42 Å². The van der Waals surface area contributed by atoms with Crippen LogP contribution in [0.1, 0.15) is 16.1 Å². The highest BCUT2D eigenvalue weighted by Gasteiger charge is 2.08. The zero-order valence-corrected chi connectivity index (χ0v) is 14.2. The van der Waals surface area contributed by atoms with E-state index >= 15 is 0 Å². The number of amides is 1. The normalized spacial score (nSPS) is 10.3. The summed E-state index contributed by atoms with van der Waals surface area (Å²) in [5, 5.41) is 6.60. The maximum atomic E-state index is 12.2. The lowest BCUT2D eigenvalue weighted by Gasteiger charge is -2.08. The number of benzene rings is 2. The van der Waals surface area contributed by atoms with Gasteiger partial charge in [-0.05, 0) is 30.2 Å². The van der Waals surface area contributed by atoms with Gasteiger partial charge in [-0.1, -0.05) is 48.0 Å². The van der Waals surface area contributed by atoms with Crippen molar-refractivity contribution in [2.24, 2.45) is 0 Å². The van der Waals surface area contributed by atoms with Gasteiger partial charge in [0.25, 0.3) is 5.91 Å². The number of nitrogens with one attached hydrogen (secondary N) is 2. The van der Waals surface area contributed by atoms with Crippen LogP contribution in [0.3, 0.4) is 0 Å². The predicted octanol–water partition coefficient (Wildman–Crippen LogP) is 3.85. The van der Waals surface area contributed by atoms with Crippen LogP contribution < -0.4 is 10.6 Å². The fourth-order valence-corrected chi connectivity index (χ4v) is 2.51. The number of hydrogen-bond acceptors (Lipinski definition) is 4. The number of carbonyl (C=O) groups is 1.